The fourth-order valence-electron chi connectivity index (χ4n) is 1.85. The molecule has 122 valence electrons. The molecule has 1 N–H and O–H groups in total. The van der Waals surface area contributed by atoms with Crippen molar-refractivity contribution in [3.05, 3.63) is 58.6 Å². The van der Waals surface area contributed by atoms with E-state index in [0.717, 1.165) is 0 Å². The first kappa shape index (κ1) is 17.3. The van der Waals surface area contributed by atoms with Gasteiger partial charge in [0.05, 0.1) is 13.3 Å². The number of nitriles is 1. The number of carbonyl (C=O) groups is 1. The van der Waals surface area contributed by atoms with Crippen molar-refractivity contribution in [2.24, 2.45) is 5.10 Å². The number of ether oxygens (including phenoxy) is 2. The van der Waals surface area contributed by atoms with E-state index in [4.69, 9.17) is 26.3 Å². The Balaban J connectivity index is 2.04. The maximum Gasteiger partial charge on any atom is 0.271 e. The molecular formula is C17H14ClN3O3. The summed E-state index contributed by atoms with van der Waals surface area (Å²) in [6.07, 6.45) is 1.47. The monoisotopic (exact) mass is 343 g/mol. The lowest BCUT2D eigenvalue weighted by Gasteiger charge is -2.08. The van der Waals surface area contributed by atoms with Crippen LogP contribution >= 0.6 is 11.6 Å². The van der Waals surface area contributed by atoms with Crippen LogP contribution in [0.3, 0.4) is 0 Å². The number of benzene rings is 2. The number of hydrazone groups is 1. The van der Waals surface area contributed by atoms with Crippen LogP contribution in [0.15, 0.2) is 47.6 Å². The van der Waals surface area contributed by atoms with E-state index in [-0.39, 0.29) is 12.5 Å². The van der Waals surface area contributed by atoms with Gasteiger partial charge in [0.2, 0.25) is 0 Å². The molecule has 7 heteroatoms. The molecule has 0 bridgehead atoms. The van der Waals surface area contributed by atoms with E-state index < -0.39 is 0 Å². The van der Waals surface area contributed by atoms with E-state index in [1.165, 1.54) is 13.3 Å². The number of nitrogens with one attached hydrogen (secondary N) is 1. The molecule has 0 unspecified atom stereocenters. The smallest absolute Gasteiger partial charge is 0.271 e. The number of hydrogen-bond donors (Lipinski definition) is 1. The molecule has 2 rings (SSSR count). The number of amides is 1. The third-order valence-electron chi connectivity index (χ3n) is 2.95. The van der Waals surface area contributed by atoms with Gasteiger partial charge in [0.1, 0.15) is 6.07 Å². The molecular weight excluding hydrogens is 330 g/mol. The van der Waals surface area contributed by atoms with E-state index in [2.05, 4.69) is 10.5 Å². The predicted octanol–water partition coefficient (Wildman–Crippen LogP) is 3.01. The zero-order chi connectivity index (χ0) is 17.4. The lowest BCUT2D eigenvalue weighted by Crippen LogP contribution is -2.17. The molecule has 0 aliphatic rings. The third kappa shape index (κ3) is 4.73. The normalized spacial score (nSPS) is 10.2. The van der Waals surface area contributed by atoms with Crippen LogP contribution < -0.4 is 14.9 Å². The summed E-state index contributed by atoms with van der Waals surface area (Å²) in [5.41, 5.74) is 3.53. The number of halogens is 1. The van der Waals surface area contributed by atoms with Crippen LogP contribution in [0.4, 0.5) is 0 Å². The molecule has 2 aromatic carbocycles. The van der Waals surface area contributed by atoms with Gasteiger partial charge in [0.25, 0.3) is 5.91 Å². The first-order valence-electron chi connectivity index (χ1n) is 6.91. The topological polar surface area (TPSA) is 83.7 Å². The summed E-state index contributed by atoms with van der Waals surface area (Å²) >= 11 is 5.84. The van der Waals surface area contributed by atoms with Crippen LogP contribution in [0.25, 0.3) is 0 Å². The third-order valence-corrected chi connectivity index (χ3v) is 3.18. The number of rotatable bonds is 6. The minimum absolute atomic E-state index is 0.0700. The van der Waals surface area contributed by atoms with Gasteiger partial charge >= 0.3 is 0 Å². The highest BCUT2D eigenvalue weighted by Gasteiger charge is 2.06. The molecule has 0 heterocycles. The highest BCUT2D eigenvalue weighted by atomic mass is 35.5. The summed E-state index contributed by atoms with van der Waals surface area (Å²) in [7, 11) is 1.50. The summed E-state index contributed by atoms with van der Waals surface area (Å²) in [5.74, 6) is 0.559. The van der Waals surface area contributed by atoms with E-state index >= 15 is 0 Å². The Morgan fingerprint density at radius 3 is 2.88 bits per heavy atom. The maximum absolute atomic E-state index is 11.9. The zero-order valence-corrected chi connectivity index (χ0v) is 13.6. The Bertz CT molecular complexity index is 800. The molecule has 0 radical (unpaired) electrons. The highest BCUT2D eigenvalue weighted by Crippen LogP contribution is 2.27. The molecule has 0 fully saturated rings. The molecule has 0 aliphatic heterocycles. The second-order valence-corrected chi connectivity index (χ2v) is 5.00. The predicted molar refractivity (Wildman–Crippen MR) is 90.6 cm³/mol. The van der Waals surface area contributed by atoms with Gasteiger partial charge in [-0.15, -0.1) is 0 Å². The largest absolute Gasteiger partial charge is 0.493 e. The molecule has 0 aromatic heterocycles. The fraction of sp³-hybridized carbons (Fsp3) is 0.118. The van der Waals surface area contributed by atoms with Crippen molar-refractivity contribution in [2.75, 3.05) is 13.7 Å². The van der Waals surface area contributed by atoms with Gasteiger partial charge in [0, 0.05) is 10.6 Å². The molecule has 2 aromatic rings. The molecule has 0 spiro atoms. The molecule has 0 saturated carbocycles. The Labute approximate surface area is 144 Å². The van der Waals surface area contributed by atoms with Gasteiger partial charge in [0.15, 0.2) is 18.1 Å². The first-order valence-corrected chi connectivity index (χ1v) is 7.28. The minimum Gasteiger partial charge on any atom is -0.493 e. The van der Waals surface area contributed by atoms with Crippen molar-refractivity contribution >= 4 is 23.7 Å². The Morgan fingerprint density at radius 2 is 2.17 bits per heavy atom. The van der Waals surface area contributed by atoms with Crippen LogP contribution in [0.5, 0.6) is 11.5 Å². The zero-order valence-electron chi connectivity index (χ0n) is 12.8. The standard InChI is InChI=1S/C17H14ClN3O3/c1-23-16-9-12(5-6-15(16)24-8-7-19)11-20-21-17(22)13-3-2-4-14(18)10-13/h2-6,9-11H,8H2,1H3,(H,21,22). The van der Waals surface area contributed by atoms with Gasteiger partial charge in [-0.2, -0.15) is 10.4 Å². The summed E-state index contributed by atoms with van der Waals surface area (Å²) < 4.78 is 10.4. The van der Waals surface area contributed by atoms with Gasteiger partial charge in [-0.25, -0.2) is 5.43 Å². The van der Waals surface area contributed by atoms with Crippen molar-refractivity contribution in [3.8, 4) is 17.6 Å². The van der Waals surface area contributed by atoms with E-state index in [0.29, 0.717) is 27.6 Å². The fourth-order valence-corrected chi connectivity index (χ4v) is 2.04. The lowest BCUT2D eigenvalue weighted by atomic mass is 10.2. The van der Waals surface area contributed by atoms with Gasteiger partial charge in [-0.05, 0) is 42.0 Å². The quantitative estimate of drug-likeness (QED) is 0.645. The van der Waals surface area contributed by atoms with Crippen LogP contribution in [0, 0.1) is 11.3 Å². The van der Waals surface area contributed by atoms with Crippen molar-refractivity contribution in [2.45, 2.75) is 0 Å². The van der Waals surface area contributed by atoms with Crippen LogP contribution in [0.2, 0.25) is 5.02 Å². The van der Waals surface area contributed by atoms with Crippen molar-refractivity contribution in [3.63, 3.8) is 0 Å². The van der Waals surface area contributed by atoms with Crippen molar-refractivity contribution < 1.29 is 14.3 Å². The molecule has 0 saturated heterocycles. The summed E-state index contributed by atoms with van der Waals surface area (Å²) in [6.45, 7) is -0.0700. The summed E-state index contributed by atoms with van der Waals surface area (Å²) in [6, 6.07) is 13.5. The first-order chi connectivity index (χ1) is 11.6. The van der Waals surface area contributed by atoms with Gasteiger partial charge < -0.3 is 9.47 Å². The molecule has 0 aliphatic carbocycles. The number of methoxy groups -OCH3 is 1. The van der Waals surface area contributed by atoms with Gasteiger partial charge in [-0.1, -0.05) is 17.7 Å². The number of nitrogens with zero attached hydrogens (tertiary/aromatic N) is 2. The average Bonchev–Trinajstić information content (AvgIpc) is 2.60. The Morgan fingerprint density at radius 1 is 1.33 bits per heavy atom. The maximum atomic E-state index is 11.9. The highest BCUT2D eigenvalue weighted by molar-refractivity contribution is 6.30. The molecule has 1 amide bonds. The SMILES string of the molecule is COc1cc(C=NNC(=O)c2cccc(Cl)c2)ccc1OCC#N. The second kappa shape index (κ2) is 8.56. The van der Waals surface area contributed by atoms with Crippen molar-refractivity contribution in [1.82, 2.24) is 5.43 Å². The molecule has 6 nitrogen and oxygen atoms in total. The van der Waals surface area contributed by atoms with Crippen molar-refractivity contribution in [1.29, 1.82) is 5.26 Å². The number of hydrogen-bond acceptors (Lipinski definition) is 5. The second-order valence-electron chi connectivity index (χ2n) is 4.57. The average molecular weight is 344 g/mol. The van der Waals surface area contributed by atoms with E-state index in [1.807, 2.05) is 6.07 Å². The minimum atomic E-state index is -0.366. The van der Waals surface area contributed by atoms with Gasteiger partial charge in [-0.3, -0.25) is 4.79 Å². The van der Waals surface area contributed by atoms with E-state index in [9.17, 15) is 4.79 Å². The molecule has 0 atom stereocenters. The lowest BCUT2D eigenvalue weighted by molar-refractivity contribution is 0.0955. The number of carbonyl (C=O) groups excluding carboxylic acids is 1. The van der Waals surface area contributed by atoms with E-state index in [1.54, 1.807) is 42.5 Å². The summed E-state index contributed by atoms with van der Waals surface area (Å²) in [4.78, 5) is 11.9. The van der Waals surface area contributed by atoms with Crippen LogP contribution in [-0.4, -0.2) is 25.8 Å². The summed E-state index contributed by atoms with van der Waals surface area (Å²) in [5, 5.41) is 12.9. The Kier molecular flexibility index (Phi) is 6.17. The van der Waals surface area contributed by atoms with Crippen LogP contribution in [-0.2, 0) is 0 Å². The molecule has 24 heavy (non-hydrogen) atoms. The van der Waals surface area contributed by atoms with Crippen LogP contribution in [0.1, 0.15) is 15.9 Å². The Hall–Kier alpha value is -3.04.